The molecule has 0 saturated carbocycles. The van der Waals surface area contributed by atoms with Crippen LogP contribution in [0.1, 0.15) is 18.4 Å². The van der Waals surface area contributed by atoms with E-state index >= 15 is 0 Å². The average molecular weight is 320 g/mol. The molecule has 20 heavy (non-hydrogen) atoms. The molecule has 5 nitrogen and oxygen atoms in total. The fraction of sp³-hybridized carbons (Fsp3) is 0.538. The predicted molar refractivity (Wildman–Crippen MR) is 76.2 cm³/mol. The highest BCUT2D eigenvalue weighted by molar-refractivity contribution is 7.89. The molecule has 0 spiro atoms. The SMILES string of the molecule is COC1CCCN(S(=O)(=O)c2ccc(Cl)c(CO)c2)C1. The number of sulfonamides is 1. The molecule has 112 valence electrons. The van der Waals surface area contributed by atoms with Gasteiger partial charge in [0.1, 0.15) is 0 Å². The van der Waals surface area contributed by atoms with Gasteiger partial charge in [0.2, 0.25) is 10.0 Å². The fourth-order valence-electron chi connectivity index (χ4n) is 2.30. The number of nitrogens with zero attached hydrogens (tertiary/aromatic N) is 1. The third kappa shape index (κ3) is 3.15. The molecule has 1 aliphatic heterocycles. The maximum Gasteiger partial charge on any atom is 0.243 e. The lowest BCUT2D eigenvalue weighted by molar-refractivity contribution is 0.0572. The molecule has 1 fully saturated rings. The lowest BCUT2D eigenvalue weighted by Gasteiger charge is -2.31. The molecule has 0 aliphatic carbocycles. The van der Waals surface area contributed by atoms with Gasteiger partial charge < -0.3 is 9.84 Å². The zero-order chi connectivity index (χ0) is 14.8. The van der Waals surface area contributed by atoms with Gasteiger partial charge in [-0.25, -0.2) is 8.42 Å². The molecule has 1 heterocycles. The molecule has 0 radical (unpaired) electrons. The first-order chi connectivity index (χ1) is 9.48. The van der Waals surface area contributed by atoms with Crippen molar-refractivity contribution in [1.29, 1.82) is 0 Å². The summed E-state index contributed by atoms with van der Waals surface area (Å²) in [4.78, 5) is 0.155. The number of ether oxygens (including phenoxy) is 1. The summed E-state index contributed by atoms with van der Waals surface area (Å²) in [6.07, 6.45) is 1.58. The first kappa shape index (κ1) is 15.7. The Kier molecular flexibility index (Phi) is 5.04. The van der Waals surface area contributed by atoms with Gasteiger partial charge in [0.05, 0.1) is 17.6 Å². The molecule has 1 aliphatic rings. The van der Waals surface area contributed by atoms with Crippen molar-refractivity contribution in [3.8, 4) is 0 Å². The molecule has 1 atom stereocenters. The van der Waals surface area contributed by atoms with E-state index in [1.165, 1.54) is 22.5 Å². The maximum atomic E-state index is 12.6. The van der Waals surface area contributed by atoms with E-state index in [9.17, 15) is 13.5 Å². The van der Waals surface area contributed by atoms with E-state index in [1.54, 1.807) is 7.11 Å². The normalized spacial score (nSPS) is 21.1. The lowest BCUT2D eigenvalue weighted by atomic mass is 10.1. The number of hydrogen-bond acceptors (Lipinski definition) is 4. The Balaban J connectivity index is 2.30. The number of aliphatic hydroxyl groups is 1. The summed E-state index contributed by atoms with van der Waals surface area (Å²) in [5, 5.41) is 9.55. The number of hydrogen-bond donors (Lipinski definition) is 1. The Bertz CT molecular complexity index is 576. The summed E-state index contributed by atoms with van der Waals surface area (Å²) >= 11 is 5.89. The standard InChI is InChI=1S/C13H18ClNO4S/c1-19-11-3-2-6-15(8-11)20(17,18)12-4-5-13(14)10(7-12)9-16/h4-5,7,11,16H,2-3,6,8-9H2,1H3. The van der Waals surface area contributed by atoms with Crippen LogP contribution in [0.4, 0.5) is 0 Å². The van der Waals surface area contributed by atoms with Crippen LogP contribution in [0, 0.1) is 0 Å². The molecule has 7 heteroatoms. The number of piperidine rings is 1. The minimum Gasteiger partial charge on any atom is -0.392 e. The van der Waals surface area contributed by atoms with Crippen LogP contribution in [0.25, 0.3) is 0 Å². The average Bonchev–Trinajstić information content (AvgIpc) is 2.47. The molecule has 1 saturated heterocycles. The number of aliphatic hydroxyl groups excluding tert-OH is 1. The van der Waals surface area contributed by atoms with Gasteiger partial charge in [0, 0.05) is 25.2 Å². The van der Waals surface area contributed by atoms with Crippen LogP contribution >= 0.6 is 11.6 Å². The summed E-state index contributed by atoms with van der Waals surface area (Å²) in [5.41, 5.74) is 0.410. The Hall–Kier alpha value is -0.660. The predicted octanol–water partition coefficient (Wildman–Crippen LogP) is 1.63. The van der Waals surface area contributed by atoms with Crippen LogP contribution in [0.5, 0.6) is 0 Å². The third-order valence-corrected chi connectivity index (χ3v) is 5.73. The van der Waals surface area contributed by atoms with Crippen molar-refractivity contribution in [3.63, 3.8) is 0 Å². The van der Waals surface area contributed by atoms with Crippen LogP contribution in [0.2, 0.25) is 5.02 Å². The van der Waals surface area contributed by atoms with Crippen molar-refractivity contribution in [1.82, 2.24) is 4.31 Å². The van der Waals surface area contributed by atoms with Gasteiger partial charge in [-0.2, -0.15) is 4.31 Å². The van der Waals surface area contributed by atoms with Crippen molar-refractivity contribution in [2.75, 3.05) is 20.2 Å². The molecule has 0 aromatic heterocycles. The molecular weight excluding hydrogens is 302 g/mol. The minimum absolute atomic E-state index is 0.0665. The number of rotatable bonds is 4. The highest BCUT2D eigenvalue weighted by atomic mass is 35.5. The van der Waals surface area contributed by atoms with Crippen molar-refractivity contribution in [2.24, 2.45) is 0 Å². The fourth-order valence-corrected chi connectivity index (χ4v) is 4.04. The Labute approximate surface area is 124 Å². The van der Waals surface area contributed by atoms with Gasteiger partial charge in [-0.05, 0) is 36.6 Å². The molecule has 0 bridgehead atoms. The van der Waals surface area contributed by atoms with Crippen LogP contribution < -0.4 is 0 Å². The first-order valence-corrected chi connectivity index (χ1v) is 8.23. The quantitative estimate of drug-likeness (QED) is 0.916. The van der Waals surface area contributed by atoms with Crippen molar-refractivity contribution in [2.45, 2.75) is 30.4 Å². The lowest BCUT2D eigenvalue weighted by Crippen LogP contribution is -2.42. The van der Waals surface area contributed by atoms with Crippen LogP contribution in [-0.2, 0) is 21.4 Å². The van der Waals surface area contributed by atoms with Gasteiger partial charge >= 0.3 is 0 Å². The summed E-state index contributed by atoms with van der Waals surface area (Å²) < 4.78 is 31.8. The summed E-state index contributed by atoms with van der Waals surface area (Å²) in [6.45, 7) is 0.554. The van der Waals surface area contributed by atoms with E-state index in [2.05, 4.69) is 0 Å². The largest absolute Gasteiger partial charge is 0.392 e. The summed E-state index contributed by atoms with van der Waals surface area (Å²) in [6, 6.07) is 4.39. The zero-order valence-electron chi connectivity index (χ0n) is 11.3. The first-order valence-electron chi connectivity index (χ1n) is 6.41. The highest BCUT2D eigenvalue weighted by Crippen LogP contribution is 2.25. The summed E-state index contributed by atoms with van der Waals surface area (Å²) in [7, 11) is -1.98. The molecular formula is C13H18ClNO4S. The molecule has 2 rings (SSSR count). The minimum atomic E-state index is -3.57. The van der Waals surface area contributed by atoms with Crippen LogP contribution in [-0.4, -0.2) is 44.1 Å². The van der Waals surface area contributed by atoms with E-state index in [0.717, 1.165) is 12.8 Å². The van der Waals surface area contributed by atoms with Gasteiger partial charge in [-0.1, -0.05) is 11.6 Å². The summed E-state index contributed by atoms with van der Waals surface area (Å²) in [5.74, 6) is 0. The van der Waals surface area contributed by atoms with Gasteiger partial charge in [-0.15, -0.1) is 0 Å². The molecule has 1 aromatic carbocycles. The van der Waals surface area contributed by atoms with E-state index in [4.69, 9.17) is 16.3 Å². The zero-order valence-corrected chi connectivity index (χ0v) is 12.8. The Morgan fingerprint density at radius 2 is 2.25 bits per heavy atom. The number of methoxy groups -OCH3 is 1. The van der Waals surface area contributed by atoms with Crippen LogP contribution in [0.15, 0.2) is 23.1 Å². The monoisotopic (exact) mass is 319 g/mol. The number of halogens is 1. The van der Waals surface area contributed by atoms with Crippen LogP contribution in [0.3, 0.4) is 0 Å². The Morgan fingerprint density at radius 1 is 1.50 bits per heavy atom. The van der Waals surface area contributed by atoms with Gasteiger partial charge in [-0.3, -0.25) is 0 Å². The molecule has 1 N–H and O–H groups in total. The smallest absolute Gasteiger partial charge is 0.243 e. The third-order valence-electron chi connectivity index (χ3n) is 3.50. The molecule has 1 unspecified atom stereocenters. The molecule has 1 aromatic rings. The van der Waals surface area contributed by atoms with Crippen molar-refractivity contribution < 1.29 is 18.3 Å². The molecule has 0 amide bonds. The maximum absolute atomic E-state index is 12.6. The second-order valence-corrected chi connectivity index (χ2v) is 7.12. The second-order valence-electron chi connectivity index (χ2n) is 4.77. The van der Waals surface area contributed by atoms with E-state index in [1.807, 2.05) is 0 Å². The van der Waals surface area contributed by atoms with Gasteiger partial charge in [0.25, 0.3) is 0 Å². The Morgan fingerprint density at radius 3 is 2.90 bits per heavy atom. The van der Waals surface area contributed by atoms with E-state index < -0.39 is 10.0 Å². The number of benzene rings is 1. The topological polar surface area (TPSA) is 66.8 Å². The van der Waals surface area contributed by atoms with Gasteiger partial charge in [0.15, 0.2) is 0 Å². The van der Waals surface area contributed by atoms with Crippen molar-refractivity contribution in [3.05, 3.63) is 28.8 Å². The van der Waals surface area contributed by atoms with E-state index in [0.29, 0.717) is 23.7 Å². The second kappa shape index (κ2) is 6.41. The van der Waals surface area contributed by atoms with E-state index in [-0.39, 0.29) is 17.6 Å². The van der Waals surface area contributed by atoms with Crippen molar-refractivity contribution >= 4 is 21.6 Å². The highest BCUT2D eigenvalue weighted by Gasteiger charge is 2.30.